The summed E-state index contributed by atoms with van der Waals surface area (Å²) in [6, 6.07) is 0. The Morgan fingerprint density at radius 2 is 1.17 bits per heavy atom. The second-order valence-corrected chi connectivity index (χ2v) is 7.76. The molecule has 0 aliphatic heterocycles. The topological polar surface area (TPSA) is 60.4 Å². The van der Waals surface area contributed by atoms with Gasteiger partial charge in [-0.15, -0.1) is 0 Å². The van der Waals surface area contributed by atoms with Crippen molar-refractivity contribution < 1.29 is 17.4 Å². The van der Waals surface area contributed by atoms with E-state index in [1.165, 1.54) is 64.2 Å². The molecule has 0 aliphatic rings. The summed E-state index contributed by atoms with van der Waals surface area (Å²) in [6.07, 6.45) is 21.5. The van der Waals surface area contributed by atoms with E-state index in [-0.39, 0.29) is 12.2 Å². The molecule has 0 fully saturated rings. The van der Waals surface area contributed by atoms with Crippen LogP contribution in [0.3, 0.4) is 0 Å². The Morgan fingerprint density at radius 1 is 0.708 bits per heavy atom. The summed E-state index contributed by atoms with van der Waals surface area (Å²) in [4.78, 5) is 10.1. The van der Waals surface area contributed by atoms with Gasteiger partial charge in [0.15, 0.2) is 0 Å². The highest BCUT2D eigenvalue weighted by Gasteiger charge is 2.06. The summed E-state index contributed by atoms with van der Waals surface area (Å²) in [7, 11) is -3.93. The molecule has 0 aromatic carbocycles. The fourth-order valence-corrected chi connectivity index (χ4v) is 2.96. The van der Waals surface area contributed by atoms with Gasteiger partial charge in [-0.3, -0.25) is 8.98 Å². The highest BCUT2D eigenvalue weighted by molar-refractivity contribution is 8.00. The lowest BCUT2D eigenvalue weighted by Crippen LogP contribution is -2.07. The number of hydrogen-bond donors (Lipinski definition) is 0. The van der Waals surface area contributed by atoms with Gasteiger partial charge in [0.2, 0.25) is 0 Å². The van der Waals surface area contributed by atoms with Crippen LogP contribution in [0.4, 0.5) is 0 Å². The number of carbonyl (C=O) groups is 1. The van der Waals surface area contributed by atoms with E-state index in [1.807, 2.05) is 0 Å². The predicted molar refractivity (Wildman–Crippen MR) is 101 cm³/mol. The molecule has 0 heterocycles. The molecular weight excluding hydrogens is 324 g/mol. The molecule has 24 heavy (non-hydrogen) atoms. The van der Waals surface area contributed by atoms with Crippen molar-refractivity contribution in [1.82, 2.24) is 0 Å². The minimum atomic E-state index is -3.93. The van der Waals surface area contributed by atoms with Crippen LogP contribution in [0.1, 0.15) is 96.8 Å². The molecule has 0 aromatic rings. The molecule has 5 heteroatoms. The van der Waals surface area contributed by atoms with E-state index < -0.39 is 10.1 Å². The molecule has 4 nitrogen and oxygen atoms in total. The lowest BCUT2D eigenvalue weighted by Gasteiger charge is -2.01. The van der Waals surface area contributed by atoms with Crippen molar-refractivity contribution in [1.29, 1.82) is 0 Å². The van der Waals surface area contributed by atoms with E-state index >= 15 is 0 Å². The summed E-state index contributed by atoms with van der Waals surface area (Å²) in [6.45, 7) is 2.36. The molecular formula is C19H36O4S. The lowest BCUT2D eigenvalue weighted by molar-refractivity contribution is 0.312. The van der Waals surface area contributed by atoms with Gasteiger partial charge in [0.25, 0.3) is 5.62 Å². The zero-order chi connectivity index (χ0) is 17.9. The Labute approximate surface area is 149 Å². The SMILES string of the molecule is CCCCCCCC/C=C\CCCCCCCCOS(=O)(=O)C=O. The lowest BCUT2D eigenvalue weighted by atomic mass is 10.1. The Kier molecular flexibility index (Phi) is 16.7. The van der Waals surface area contributed by atoms with Gasteiger partial charge < -0.3 is 0 Å². The molecule has 0 unspecified atom stereocenters. The third-order valence-corrected chi connectivity index (χ3v) is 4.75. The highest BCUT2D eigenvalue weighted by Crippen LogP contribution is 2.10. The maximum atomic E-state index is 10.8. The fourth-order valence-electron chi connectivity index (χ4n) is 2.55. The van der Waals surface area contributed by atoms with Crippen LogP contribution in [0.2, 0.25) is 0 Å². The molecule has 0 N–H and O–H groups in total. The third kappa shape index (κ3) is 17.7. The summed E-state index contributed by atoms with van der Waals surface area (Å²) in [5.41, 5.74) is -0.146. The van der Waals surface area contributed by atoms with Gasteiger partial charge in [-0.1, -0.05) is 76.9 Å². The van der Waals surface area contributed by atoms with Crippen molar-refractivity contribution >= 4 is 15.7 Å². The van der Waals surface area contributed by atoms with E-state index in [1.54, 1.807) is 0 Å². The van der Waals surface area contributed by atoms with Gasteiger partial charge in [-0.2, -0.15) is 8.42 Å². The molecule has 0 aromatic heterocycles. The second kappa shape index (κ2) is 17.2. The number of allylic oxidation sites excluding steroid dienone is 2. The fraction of sp³-hybridized carbons (Fsp3) is 0.842. The number of unbranched alkanes of at least 4 members (excludes halogenated alkanes) is 12. The molecule has 0 atom stereocenters. The minimum absolute atomic E-state index is 0.113. The Balaban J connectivity index is 3.19. The predicted octanol–water partition coefficient (Wildman–Crippen LogP) is 5.56. The van der Waals surface area contributed by atoms with Gasteiger partial charge in [-0.25, -0.2) is 0 Å². The number of hydrogen-bond acceptors (Lipinski definition) is 4. The molecule has 0 saturated carbocycles. The van der Waals surface area contributed by atoms with Crippen LogP contribution in [0, 0.1) is 0 Å². The second-order valence-electron chi connectivity index (χ2n) is 6.35. The molecule has 0 amide bonds. The molecule has 0 spiro atoms. The maximum Gasteiger partial charge on any atom is 0.328 e. The summed E-state index contributed by atoms with van der Waals surface area (Å²) < 4.78 is 26.0. The zero-order valence-corrected chi connectivity index (χ0v) is 16.2. The molecule has 0 radical (unpaired) electrons. The highest BCUT2D eigenvalue weighted by atomic mass is 32.2. The van der Waals surface area contributed by atoms with E-state index in [0.29, 0.717) is 6.42 Å². The van der Waals surface area contributed by atoms with Crippen LogP contribution < -0.4 is 0 Å². The molecule has 0 aliphatic carbocycles. The first-order valence-corrected chi connectivity index (χ1v) is 11.1. The van der Waals surface area contributed by atoms with Crippen molar-refractivity contribution in [2.75, 3.05) is 6.61 Å². The average Bonchev–Trinajstić information content (AvgIpc) is 2.57. The number of carbonyl (C=O) groups excluding carboxylic acids is 1. The van der Waals surface area contributed by atoms with Crippen LogP contribution in [0.15, 0.2) is 12.2 Å². The van der Waals surface area contributed by atoms with Gasteiger partial charge in [0.1, 0.15) is 0 Å². The van der Waals surface area contributed by atoms with Crippen LogP contribution in [-0.2, 0) is 19.1 Å². The first-order valence-electron chi connectivity index (χ1n) is 9.62. The van der Waals surface area contributed by atoms with Gasteiger partial charge in [0.05, 0.1) is 6.61 Å². The summed E-state index contributed by atoms with van der Waals surface area (Å²) >= 11 is 0. The molecule has 0 rings (SSSR count). The Hall–Kier alpha value is -0.680. The standard InChI is InChI=1S/C19H36O4S/c1-2-3-4-5-6-7-8-9-10-11-12-13-14-15-16-17-18-23-24(21,22)19-20/h9-10,19H,2-8,11-18H2,1H3/b10-9-. The smallest absolute Gasteiger partial charge is 0.283 e. The van der Waals surface area contributed by atoms with E-state index in [9.17, 15) is 13.2 Å². The van der Waals surface area contributed by atoms with Crippen molar-refractivity contribution in [3.05, 3.63) is 12.2 Å². The summed E-state index contributed by atoms with van der Waals surface area (Å²) in [5.74, 6) is 0. The minimum Gasteiger partial charge on any atom is -0.283 e. The molecule has 0 bridgehead atoms. The largest absolute Gasteiger partial charge is 0.328 e. The monoisotopic (exact) mass is 360 g/mol. The molecule has 0 saturated heterocycles. The van der Waals surface area contributed by atoms with Crippen LogP contribution in [-0.4, -0.2) is 20.6 Å². The van der Waals surface area contributed by atoms with Crippen molar-refractivity contribution in [3.8, 4) is 0 Å². The Bertz CT molecular complexity index is 402. The quantitative estimate of drug-likeness (QED) is 0.139. The van der Waals surface area contributed by atoms with Crippen LogP contribution in [0.25, 0.3) is 0 Å². The van der Waals surface area contributed by atoms with Gasteiger partial charge in [0, 0.05) is 0 Å². The van der Waals surface area contributed by atoms with Gasteiger partial charge in [-0.05, 0) is 32.1 Å². The average molecular weight is 361 g/mol. The first-order chi connectivity index (χ1) is 11.6. The normalized spacial score (nSPS) is 12.0. The maximum absolute atomic E-state index is 10.8. The van der Waals surface area contributed by atoms with Crippen LogP contribution in [0.5, 0.6) is 0 Å². The molecule has 142 valence electrons. The number of rotatable bonds is 18. The van der Waals surface area contributed by atoms with Crippen molar-refractivity contribution in [3.63, 3.8) is 0 Å². The zero-order valence-electron chi connectivity index (χ0n) is 15.4. The van der Waals surface area contributed by atoms with E-state index in [2.05, 4.69) is 23.3 Å². The third-order valence-electron chi connectivity index (χ3n) is 4.02. The van der Waals surface area contributed by atoms with Crippen molar-refractivity contribution in [2.45, 2.75) is 96.8 Å². The van der Waals surface area contributed by atoms with Crippen LogP contribution >= 0.6 is 0 Å². The Morgan fingerprint density at radius 3 is 1.67 bits per heavy atom. The summed E-state index contributed by atoms with van der Waals surface area (Å²) in [5, 5.41) is 0. The van der Waals surface area contributed by atoms with Gasteiger partial charge >= 0.3 is 10.1 Å². The van der Waals surface area contributed by atoms with E-state index in [0.717, 1.165) is 19.3 Å². The van der Waals surface area contributed by atoms with E-state index in [4.69, 9.17) is 0 Å². The first kappa shape index (κ1) is 23.3. The van der Waals surface area contributed by atoms with Crippen molar-refractivity contribution in [2.24, 2.45) is 0 Å².